The Balaban J connectivity index is 1.54. The van der Waals surface area contributed by atoms with E-state index in [0.717, 1.165) is 11.4 Å². The number of ether oxygens (including phenoxy) is 1. The monoisotopic (exact) mass is 327 g/mol. The molecule has 2 N–H and O–H groups in total. The molecule has 0 atom stereocenters. The number of hydrogen-bond acceptors (Lipinski definition) is 3. The van der Waals surface area contributed by atoms with Crippen molar-refractivity contribution in [3.63, 3.8) is 0 Å². The number of nitrogens with one attached hydrogen (secondary N) is 2. The second-order valence-corrected chi connectivity index (χ2v) is 5.24. The van der Waals surface area contributed by atoms with Gasteiger partial charge in [0, 0.05) is 28.7 Å². The maximum absolute atomic E-state index is 11.9. The van der Waals surface area contributed by atoms with E-state index in [0.29, 0.717) is 16.5 Å². The highest BCUT2D eigenvalue weighted by Crippen LogP contribution is 2.18. The number of aromatic amines is 1. The summed E-state index contributed by atoms with van der Waals surface area (Å²) in [5.74, 6) is 1.15. The summed E-state index contributed by atoms with van der Waals surface area (Å²) in [4.78, 5) is 19.1. The lowest BCUT2D eigenvalue weighted by molar-refractivity contribution is -0.118. The van der Waals surface area contributed by atoms with Crippen molar-refractivity contribution in [2.24, 2.45) is 0 Å². The summed E-state index contributed by atoms with van der Waals surface area (Å²) in [6.45, 7) is -0.0679. The second-order valence-electron chi connectivity index (χ2n) is 4.81. The van der Waals surface area contributed by atoms with Gasteiger partial charge >= 0.3 is 0 Å². The van der Waals surface area contributed by atoms with Crippen molar-refractivity contribution in [1.29, 1.82) is 0 Å². The lowest BCUT2D eigenvalue weighted by Gasteiger charge is -2.08. The first-order valence-electron chi connectivity index (χ1n) is 6.99. The molecule has 116 valence electrons. The molecule has 0 bridgehead atoms. The van der Waals surface area contributed by atoms with Crippen LogP contribution in [-0.4, -0.2) is 22.5 Å². The third kappa shape index (κ3) is 4.11. The van der Waals surface area contributed by atoms with Gasteiger partial charge in [-0.15, -0.1) is 0 Å². The SMILES string of the molecule is O=C(COc1ccc(Cl)cc1)Nc1ccc(-c2ncc[nH]2)cc1. The van der Waals surface area contributed by atoms with Gasteiger partial charge in [-0.2, -0.15) is 0 Å². The number of anilines is 1. The standard InChI is InChI=1S/C17H14ClN3O2/c18-13-3-7-15(8-4-13)23-11-16(22)21-14-5-1-12(2-6-14)17-19-9-10-20-17/h1-10H,11H2,(H,19,20)(H,21,22). The van der Waals surface area contributed by atoms with Crippen LogP contribution in [-0.2, 0) is 4.79 Å². The number of carbonyl (C=O) groups excluding carboxylic acids is 1. The van der Waals surface area contributed by atoms with Crippen molar-refractivity contribution in [3.05, 3.63) is 65.9 Å². The Kier molecular flexibility index (Phi) is 4.59. The molecule has 0 saturated heterocycles. The number of imidazole rings is 1. The molecule has 2 aromatic carbocycles. The van der Waals surface area contributed by atoms with Gasteiger partial charge in [0.2, 0.25) is 0 Å². The van der Waals surface area contributed by atoms with Crippen LogP contribution in [0.5, 0.6) is 5.75 Å². The van der Waals surface area contributed by atoms with Gasteiger partial charge in [0.25, 0.3) is 5.91 Å². The normalized spacial score (nSPS) is 10.3. The van der Waals surface area contributed by atoms with Gasteiger partial charge in [0.15, 0.2) is 6.61 Å². The van der Waals surface area contributed by atoms with Gasteiger partial charge in [-0.3, -0.25) is 4.79 Å². The van der Waals surface area contributed by atoms with Gasteiger partial charge < -0.3 is 15.0 Å². The minimum atomic E-state index is -0.231. The highest BCUT2D eigenvalue weighted by Gasteiger charge is 2.05. The lowest BCUT2D eigenvalue weighted by Crippen LogP contribution is -2.20. The lowest BCUT2D eigenvalue weighted by atomic mass is 10.2. The smallest absolute Gasteiger partial charge is 0.262 e. The van der Waals surface area contributed by atoms with Crippen molar-refractivity contribution in [1.82, 2.24) is 9.97 Å². The molecular formula is C17H14ClN3O2. The molecule has 5 nitrogen and oxygen atoms in total. The van der Waals surface area contributed by atoms with Gasteiger partial charge in [-0.25, -0.2) is 4.98 Å². The molecule has 0 unspecified atom stereocenters. The predicted molar refractivity (Wildman–Crippen MR) is 89.6 cm³/mol. The molecule has 23 heavy (non-hydrogen) atoms. The van der Waals surface area contributed by atoms with Crippen molar-refractivity contribution in [2.75, 3.05) is 11.9 Å². The van der Waals surface area contributed by atoms with Crippen LogP contribution in [0, 0.1) is 0 Å². The molecular weight excluding hydrogens is 314 g/mol. The zero-order valence-corrected chi connectivity index (χ0v) is 12.9. The van der Waals surface area contributed by atoms with Crippen LogP contribution in [0.1, 0.15) is 0 Å². The van der Waals surface area contributed by atoms with E-state index < -0.39 is 0 Å². The number of carbonyl (C=O) groups is 1. The van der Waals surface area contributed by atoms with E-state index in [-0.39, 0.29) is 12.5 Å². The van der Waals surface area contributed by atoms with Crippen molar-refractivity contribution < 1.29 is 9.53 Å². The molecule has 1 heterocycles. The zero-order valence-electron chi connectivity index (χ0n) is 12.1. The molecule has 1 aromatic heterocycles. The highest BCUT2D eigenvalue weighted by atomic mass is 35.5. The number of aromatic nitrogens is 2. The summed E-state index contributed by atoms with van der Waals surface area (Å²) >= 11 is 5.79. The van der Waals surface area contributed by atoms with Crippen LogP contribution in [0.2, 0.25) is 5.02 Å². The molecule has 0 saturated carbocycles. The van der Waals surface area contributed by atoms with Crippen LogP contribution in [0.4, 0.5) is 5.69 Å². The fraction of sp³-hybridized carbons (Fsp3) is 0.0588. The number of benzene rings is 2. The number of amides is 1. The third-order valence-corrected chi connectivity index (χ3v) is 3.38. The first kappa shape index (κ1) is 15.1. The van der Waals surface area contributed by atoms with E-state index >= 15 is 0 Å². The molecule has 0 aliphatic rings. The predicted octanol–water partition coefficient (Wildman–Crippen LogP) is 3.75. The maximum atomic E-state index is 11.9. The molecule has 3 aromatic rings. The summed E-state index contributed by atoms with van der Waals surface area (Å²) in [5.41, 5.74) is 1.65. The van der Waals surface area contributed by atoms with Crippen molar-refractivity contribution in [3.8, 4) is 17.1 Å². The molecule has 0 radical (unpaired) electrons. The number of halogens is 1. The molecule has 1 amide bonds. The molecule has 6 heteroatoms. The van der Waals surface area contributed by atoms with E-state index in [2.05, 4.69) is 15.3 Å². The first-order chi connectivity index (χ1) is 11.2. The number of hydrogen-bond donors (Lipinski definition) is 2. The topological polar surface area (TPSA) is 67.0 Å². The molecule has 0 fully saturated rings. The number of rotatable bonds is 5. The zero-order chi connectivity index (χ0) is 16.1. The second kappa shape index (κ2) is 6.98. The molecule has 3 rings (SSSR count). The van der Waals surface area contributed by atoms with E-state index in [1.165, 1.54) is 0 Å². The Morgan fingerprint density at radius 1 is 1.13 bits per heavy atom. The molecule has 0 aliphatic heterocycles. The summed E-state index contributed by atoms with van der Waals surface area (Å²) < 4.78 is 5.39. The summed E-state index contributed by atoms with van der Waals surface area (Å²) in [6, 6.07) is 14.3. The van der Waals surface area contributed by atoms with Gasteiger partial charge in [-0.1, -0.05) is 11.6 Å². The van der Waals surface area contributed by atoms with E-state index in [4.69, 9.17) is 16.3 Å². The fourth-order valence-corrected chi connectivity index (χ4v) is 2.14. The largest absolute Gasteiger partial charge is 0.484 e. The number of H-pyrrole nitrogens is 1. The van der Waals surface area contributed by atoms with Crippen molar-refractivity contribution in [2.45, 2.75) is 0 Å². The van der Waals surface area contributed by atoms with E-state index in [1.54, 1.807) is 36.7 Å². The highest BCUT2D eigenvalue weighted by molar-refractivity contribution is 6.30. The Morgan fingerprint density at radius 3 is 2.52 bits per heavy atom. The van der Waals surface area contributed by atoms with Gasteiger partial charge in [-0.05, 0) is 48.5 Å². The Bertz CT molecular complexity index is 769. The van der Waals surface area contributed by atoms with Crippen LogP contribution >= 0.6 is 11.6 Å². The Morgan fingerprint density at radius 2 is 1.87 bits per heavy atom. The minimum Gasteiger partial charge on any atom is -0.484 e. The molecule has 0 spiro atoms. The van der Waals surface area contributed by atoms with Gasteiger partial charge in [0.05, 0.1) is 0 Å². The minimum absolute atomic E-state index is 0.0679. The van der Waals surface area contributed by atoms with E-state index in [9.17, 15) is 4.79 Å². The van der Waals surface area contributed by atoms with Crippen LogP contribution in [0.15, 0.2) is 60.9 Å². The average molecular weight is 328 g/mol. The Hall–Kier alpha value is -2.79. The first-order valence-corrected chi connectivity index (χ1v) is 7.36. The third-order valence-electron chi connectivity index (χ3n) is 3.12. The summed E-state index contributed by atoms with van der Waals surface area (Å²) in [7, 11) is 0. The van der Waals surface area contributed by atoms with Crippen molar-refractivity contribution >= 4 is 23.2 Å². The van der Waals surface area contributed by atoms with E-state index in [1.807, 2.05) is 24.3 Å². The van der Waals surface area contributed by atoms with Crippen LogP contribution in [0.3, 0.4) is 0 Å². The van der Waals surface area contributed by atoms with Crippen LogP contribution < -0.4 is 10.1 Å². The number of nitrogens with zero attached hydrogens (tertiary/aromatic N) is 1. The summed E-state index contributed by atoms with van der Waals surface area (Å²) in [6.07, 6.45) is 3.46. The van der Waals surface area contributed by atoms with Crippen LogP contribution in [0.25, 0.3) is 11.4 Å². The molecule has 0 aliphatic carbocycles. The van der Waals surface area contributed by atoms with Gasteiger partial charge in [0.1, 0.15) is 11.6 Å². The summed E-state index contributed by atoms with van der Waals surface area (Å²) in [5, 5.41) is 3.40. The quantitative estimate of drug-likeness (QED) is 0.750. The Labute approximate surface area is 138 Å². The maximum Gasteiger partial charge on any atom is 0.262 e. The fourth-order valence-electron chi connectivity index (χ4n) is 2.01. The average Bonchev–Trinajstić information content (AvgIpc) is 3.09.